The zero-order valence-corrected chi connectivity index (χ0v) is 14.6. The number of para-hydroxylation sites is 1. The Balaban J connectivity index is 1.78. The Labute approximate surface area is 151 Å². The molecule has 0 unspecified atom stereocenters. The van der Waals surface area contributed by atoms with Crippen LogP contribution in [-0.2, 0) is 11.3 Å². The minimum absolute atomic E-state index is 0.230. The summed E-state index contributed by atoms with van der Waals surface area (Å²) < 4.78 is 6.86. The lowest BCUT2D eigenvalue weighted by atomic mass is 10.2. The number of nitrogens with zero attached hydrogens (tertiary/aromatic N) is 3. The second-order valence-electron chi connectivity index (χ2n) is 5.73. The van der Waals surface area contributed by atoms with E-state index in [9.17, 15) is 4.79 Å². The fraction of sp³-hybridized carbons (Fsp3) is 0.150. The molecule has 3 rings (SSSR count). The molecule has 0 saturated carbocycles. The van der Waals surface area contributed by atoms with Crippen molar-refractivity contribution in [1.29, 1.82) is 0 Å². The van der Waals surface area contributed by atoms with E-state index in [1.165, 1.54) is 4.68 Å². The quantitative estimate of drug-likeness (QED) is 0.385. The van der Waals surface area contributed by atoms with Crippen LogP contribution in [0.3, 0.4) is 0 Å². The molecule has 6 heteroatoms. The highest BCUT2D eigenvalue weighted by molar-refractivity contribution is 5.44. The molecular weight excluding hydrogens is 328 g/mol. The van der Waals surface area contributed by atoms with E-state index in [1.807, 2.05) is 54.6 Å². The monoisotopic (exact) mass is 348 g/mol. The topological polar surface area (TPSA) is 71.7 Å². The fourth-order valence-corrected chi connectivity index (χ4v) is 2.44. The Morgan fingerprint density at radius 2 is 1.85 bits per heavy atom. The molecule has 6 nitrogen and oxygen atoms in total. The highest BCUT2D eigenvalue weighted by Gasteiger charge is 2.11. The molecule has 132 valence electrons. The molecule has 0 bridgehead atoms. The molecule has 1 aromatic heterocycles. The molecule has 1 N–H and O–H groups in total. The number of benzene rings is 2. The number of aromatic nitrogens is 2. The third-order valence-electron chi connectivity index (χ3n) is 3.76. The predicted octanol–water partition coefficient (Wildman–Crippen LogP) is 4.59. The fourth-order valence-electron chi connectivity index (χ4n) is 2.44. The second kappa shape index (κ2) is 8.22. The largest absolute Gasteiger partial charge is 0.373 e. The summed E-state index contributed by atoms with van der Waals surface area (Å²) >= 11 is 0. The van der Waals surface area contributed by atoms with Crippen molar-refractivity contribution in [1.82, 2.24) is 9.78 Å². The minimum Gasteiger partial charge on any atom is -0.373 e. The normalized spacial score (nSPS) is 11.1. The summed E-state index contributed by atoms with van der Waals surface area (Å²) in [4.78, 5) is 12.6. The average Bonchev–Trinajstić information content (AvgIpc) is 2.96. The summed E-state index contributed by atoms with van der Waals surface area (Å²) in [5.74, 6) is 0. The van der Waals surface area contributed by atoms with Crippen LogP contribution in [0.4, 0.5) is 11.4 Å². The van der Waals surface area contributed by atoms with Gasteiger partial charge in [-0.1, -0.05) is 36.4 Å². The Kier molecular flexibility index (Phi) is 5.56. The van der Waals surface area contributed by atoms with Crippen LogP contribution in [0.25, 0.3) is 5.69 Å². The van der Waals surface area contributed by atoms with Crippen molar-refractivity contribution in [3.63, 3.8) is 0 Å². The van der Waals surface area contributed by atoms with Crippen molar-refractivity contribution in [3.05, 3.63) is 88.9 Å². The molecular formula is C20H20N4O2. The maximum atomic E-state index is 12.6. The van der Waals surface area contributed by atoms with Crippen molar-refractivity contribution >= 4 is 11.4 Å². The molecule has 0 spiro atoms. The first-order chi connectivity index (χ1) is 12.7. The maximum Gasteiger partial charge on any atom is 0.299 e. The number of hydrogen-bond donors (Lipinski definition) is 1. The van der Waals surface area contributed by atoms with Gasteiger partial charge in [-0.2, -0.15) is 5.11 Å². The van der Waals surface area contributed by atoms with Gasteiger partial charge in [0.1, 0.15) is 0 Å². The Morgan fingerprint density at radius 1 is 1.12 bits per heavy atom. The Bertz CT molecular complexity index is 954. The molecule has 26 heavy (non-hydrogen) atoms. The van der Waals surface area contributed by atoms with Crippen molar-refractivity contribution < 1.29 is 4.74 Å². The van der Waals surface area contributed by atoms with E-state index in [0.29, 0.717) is 30.3 Å². The molecule has 0 radical (unpaired) electrons. The van der Waals surface area contributed by atoms with Gasteiger partial charge < -0.3 is 4.74 Å². The summed E-state index contributed by atoms with van der Waals surface area (Å²) in [7, 11) is 0. The van der Waals surface area contributed by atoms with Crippen LogP contribution in [0.2, 0.25) is 0 Å². The van der Waals surface area contributed by atoms with Crippen LogP contribution in [0, 0.1) is 6.92 Å². The summed E-state index contributed by atoms with van der Waals surface area (Å²) in [5, 5.41) is 11.3. The predicted molar refractivity (Wildman–Crippen MR) is 102 cm³/mol. The van der Waals surface area contributed by atoms with E-state index in [-0.39, 0.29) is 5.56 Å². The number of aryl methyl sites for hydroxylation is 1. The lowest BCUT2D eigenvalue weighted by Gasteiger charge is -2.01. The summed E-state index contributed by atoms with van der Waals surface area (Å²) in [6.45, 7) is 6.44. The SMILES string of the molecule is C=CCOCc1ccc(/N=N/c2c(C)[nH]n(-c3ccccc3)c2=O)cc1. The summed E-state index contributed by atoms with van der Waals surface area (Å²) in [5.41, 5.74) is 3.20. The molecule has 0 aliphatic carbocycles. The Morgan fingerprint density at radius 3 is 2.54 bits per heavy atom. The number of H-pyrrole nitrogens is 1. The molecule has 0 amide bonds. The van der Waals surface area contributed by atoms with Crippen LogP contribution in [0.5, 0.6) is 0 Å². The third-order valence-corrected chi connectivity index (χ3v) is 3.76. The highest BCUT2D eigenvalue weighted by Crippen LogP contribution is 2.19. The van der Waals surface area contributed by atoms with Gasteiger partial charge in [-0.15, -0.1) is 11.7 Å². The first kappa shape index (κ1) is 17.6. The number of azo groups is 1. The number of hydrogen-bond acceptors (Lipinski definition) is 4. The lowest BCUT2D eigenvalue weighted by molar-refractivity contribution is 0.149. The summed E-state index contributed by atoms with van der Waals surface area (Å²) in [6.07, 6.45) is 1.71. The molecule has 0 saturated heterocycles. The van der Waals surface area contributed by atoms with E-state index in [1.54, 1.807) is 13.0 Å². The standard InChI is InChI=1S/C20H20N4O2/c1-3-13-26-14-16-9-11-17(12-10-16)21-22-19-15(2)23-24(20(19)25)18-7-5-4-6-8-18/h3-12,23H,1,13-14H2,2H3/b22-21+. The molecule has 1 heterocycles. The van der Waals surface area contributed by atoms with E-state index in [2.05, 4.69) is 21.9 Å². The van der Waals surface area contributed by atoms with Crippen molar-refractivity contribution in [3.8, 4) is 5.69 Å². The minimum atomic E-state index is -0.230. The summed E-state index contributed by atoms with van der Waals surface area (Å²) in [6, 6.07) is 16.9. The van der Waals surface area contributed by atoms with Crippen LogP contribution in [0.15, 0.2) is 82.3 Å². The van der Waals surface area contributed by atoms with Crippen LogP contribution in [-0.4, -0.2) is 16.4 Å². The maximum absolute atomic E-state index is 12.6. The number of aromatic amines is 1. The number of rotatable bonds is 7. The van der Waals surface area contributed by atoms with Crippen molar-refractivity contribution in [2.24, 2.45) is 10.2 Å². The zero-order chi connectivity index (χ0) is 18.4. The van der Waals surface area contributed by atoms with Crippen molar-refractivity contribution in [2.75, 3.05) is 6.61 Å². The van der Waals surface area contributed by atoms with Gasteiger partial charge in [0.25, 0.3) is 5.56 Å². The van der Waals surface area contributed by atoms with Gasteiger partial charge in [0, 0.05) is 0 Å². The van der Waals surface area contributed by atoms with E-state index in [4.69, 9.17) is 4.74 Å². The van der Waals surface area contributed by atoms with Gasteiger partial charge >= 0.3 is 0 Å². The second-order valence-corrected chi connectivity index (χ2v) is 5.73. The van der Waals surface area contributed by atoms with Gasteiger partial charge in [-0.25, -0.2) is 4.68 Å². The van der Waals surface area contributed by atoms with E-state index >= 15 is 0 Å². The third kappa shape index (κ3) is 4.04. The van der Waals surface area contributed by atoms with Gasteiger partial charge in [0.2, 0.25) is 0 Å². The zero-order valence-electron chi connectivity index (χ0n) is 14.6. The first-order valence-electron chi connectivity index (χ1n) is 8.25. The number of nitrogens with one attached hydrogen (secondary N) is 1. The molecule has 2 aromatic carbocycles. The highest BCUT2D eigenvalue weighted by atomic mass is 16.5. The molecule has 0 atom stereocenters. The van der Waals surface area contributed by atoms with Crippen LogP contribution in [0.1, 0.15) is 11.3 Å². The van der Waals surface area contributed by atoms with Crippen LogP contribution >= 0.6 is 0 Å². The number of ether oxygens (including phenoxy) is 1. The molecule has 0 aliphatic rings. The van der Waals surface area contributed by atoms with Gasteiger partial charge in [0.15, 0.2) is 5.69 Å². The average molecular weight is 348 g/mol. The van der Waals surface area contributed by atoms with Gasteiger partial charge in [0.05, 0.1) is 30.3 Å². The van der Waals surface area contributed by atoms with Crippen molar-refractivity contribution in [2.45, 2.75) is 13.5 Å². The smallest absolute Gasteiger partial charge is 0.299 e. The molecule has 0 aliphatic heterocycles. The van der Waals surface area contributed by atoms with E-state index in [0.717, 1.165) is 11.3 Å². The molecule has 0 fully saturated rings. The van der Waals surface area contributed by atoms with Gasteiger partial charge in [-0.3, -0.25) is 9.89 Å². The van der Waals surface area contributed by atoms with Gasteiger partial charge in [-0.05, 0) is 36.8 Å². The van der Waals surface area contributed by atoms with Crippen LogP contribution < -0.4 is 5.56 Å². The van der Waals surface area contributed by atoms with E-state index < -0.39 is 0 Å². The molecule has 3 aromatic rings. The Hall–Kier alpha value is -3.25. The first-order valence-corrected chi connectivity index (χ1v) is 8.25. The lowest BCUT2D eigenvalue weighted by Crippen LogP contribution is -2.13.